The van der Waals surface area contributed by atoms with Crippen LogP contribution in [0.3, 0.4) is 0 Å². The molecular formula is C13H17Cl2N3. The molecule has 0 bridgehead atoms. The highest BCUT2D eigenvalue weighted by Crippen LogP contribution is 2.27. The predicted octanol–water partition coefficient (Wildman–Crippen LogP) is 4.57. The van der Waals surface area contributed by atoms with E-state index in [0.29, 0.717) is 16.9 Å². The average molecular weight is 286 g/mol. The molecule has 5 heteroatoms. The third-order valence-corrected chi connectivity index (χ3v) is 3.59. The lowest BCUT2D eigenvalue weighted by Crippen LogP contribution is -2.11. The Balaban J connectivity index is 2.58. The van der Waals surface area contributed by atoms with Crippen molar-refractivity contribution < 1.29 is 0 Å². The highest BCUT2D eigenvalue weighted by molar-refractivity contribution is 6.31. The van der Waals surface area contributed by atoms with Gasteiger partial charge in [0.15, 0.2) is 5.65 Å². The second-order valence-corrected chi connectivity index (χ2v) is 5.08. The lowest BCUT2D eigenvalue weighted by Gasteiger charge is -2.18. The first-order valence-corrected chi connectivity index (χ1v) is 7.20. The molecule has 0 aromatic carbocycles. The minimum absolute atomic E-state index is 0.397. The van der Waals surface area contributed by atoms with Crippen LogP contribution in [0.25, 0.3) is 11.2 Å². The van der Waals surface area contributed by atoms with Gasteiger partial charge in [0.1, 0.15) is 11.3 Å². The Morgan fingerprint density at radius 3 is 2.78 bits per heavy atom. The lowest BCUT2D eigenvalue weighted by molar-refractivity contribution is 0.446. The zero-order valence-corrected chi connectivity index (χ0v) is 12.2. The quantitative estimate of drug-likeness (QED) is 0.753. The van der Waals surface area contributed by atoms with Crippen LogP contribution in [0.5, 0.6) is 0 Å². The fourth-order valence-corrected chi connectivity index (χ4v) is 2.67. The van der Waals surface area contributed by atoms with Crippen molar-refractivity contribution >= 4 is 34.4 Å². The molecule has 2 aromatic rings. The molecule has 2 heterocycles. The van der Waals surface area contributed by atoms with Gasteiger partial charge in [-0.15, -0.1) is 11.6 Å². The Labute approximate surface area is 117 Å². The molecule has 0 radical (unpaired) electrons. The van der Waals surface area contributed by atoms with Gasteiger partial charge in [-0.05, 0) is 18.9 Å². The van der Waals surface area contributed by atoms with Gasteiger partial charge in [0.2, 0.25) is 0 Å². The minimum Gasteiger partial charge on any atom is -0.309 e. The van der Waals surface area contributed by atoms with E-state index in [1.165, 1.54) is 0 Å². The number of imidazole rings is 1. The molecular weight excluding hydrogens is 269 g/mol. The van der Waals surface area contributed by atoms with E-state index in [0.717, 1.165) is 36.3 Å². The Bertz CT molecular complexity index is 536. The summed E-state index contributed by atoms with van der Waals surface area (Å²) in [5.74, 6) is 1.27. The minimum atomic E-state index is 0.397. The molecule has 2 rings (SSSR count). The van der Waals surface area contributed by atoms with Gasteiger partial charge in [-0.2, -0.15) is 0 Å². The van der Waals surface area contributed by atoms with Crippen LogP contribution >= 0.6 is 23.2 Å². The van der Waals surface area contributed by atoms with Crippen molar-refractivity contribution in [3.05, 3.63) is 23.1 Å². The largest absolute Gasteiger partial charge is 0.309 e. The van der Waals surface area contributed by atoms with Gasteiger partial charge in [-0.3, -0.25) is 0 Å². The Kier molecular flexibility index (Phi) is 4.46. The van der Waals surface area contributed by atoms with E-state index in [1.54, 1.807) is 6.20 Å². The van der Waals surface area contributed by atoms with Crippen molar-refractivity contribution in [2.75, 3.05) is 0 Å². The number of pyridine rings is 1. The predicted molar refractivity (Wildman–Crippen MR) is 76.3 cm³/mol. The van der Waals surface area contributed by atoms with Crippen LogP contribution in [0.1, 0.15) is 45.0 Å². The SMILES string of the molecule is CCCC(CC)n1c(CCl)nc2cc(Cl)cnc21. The van der Waals surface area contributed by atoms with Crippen LogP contribution in [0.15, 0.2) is 12.3 Å². The van der Waals surface area contributed by atoms with Crippen LogP contribution < -0.4 is 0 Å². The van der Waals surface area contributed by atoms with Gasteiger partial charge in [0, 0.05) is 12.2 Å². The summed E-state index contributed by atoms with van der Waals surface area (Å²) >= 11 is 12.0. The maximum Gasteiger partial charge on any atom is 0.160 e. The number of alkyl halides is 1. The van der Waals surface area contributed by atoms with Crippen molar-refractivity contribution in [2.24, 2.45) is 0 Å². The number of fused-ring (bicyclic) bond motifs is 1. The fraction of sp³-hybridized carbons (Fsp3) is 0.538. The van der Waals surface area contributed by atoms with Crippen molar-refractivity contribution in [2.45, 2.75) is 45.0 Å². The molecule has 2 aromatic heterocycles. The fourth-order valence-electron chi connectivity index (χ4n) is 2.33. The van der Waals surface area contributed by atoms with Gasteiger partial charge in [0.25, 0.3) is 0 Å². The van der Waals surface area contributed by atoms with Crippen molar-refractivity contribution in [1.82, 2.24) is 14.5 Å². The highest BCUT2D eigenvalue weighted by atomic mass is 35.5. The van der Waals surface area contributed by atoms with Crippen molar-refractivity contribution in [3.63, 3.8) is 0 Å². The summed E-state index contributed by atoms with van der Waals surface area (Å²) in [7, 11) is 0. The standard InChI is InChI=1S/C13H17Cl2N3/c1-3-5-10(4-2)18-12(7-14)17-11-6-9(15)8-16-13(11)18/h6,8,10H,3-5,7H2,1-2H3. The third kappa shape index (κ3) is 2.47. The molecule has 0 saturated carbocycles. The Morgan fingerprint density at radius 1 is 1.39 bits per heavy atom. The topological polar surface area (TPSA) is 30.7 Å². The van der Waals surface area contributed by atoms with Gasteiger partial charge < -0.3 is 4.57 Å². The van der Waals surface area contributed by atoms with Crippen LogP contribution in [0, 0.1) is 0 Å². The van der Waals surface area contributed by atoms with E-state index in [2.05, 4.69) is 28.4 Å². The molecule has 0 fully saturated rings. The molecule has 0 aliphatic heterocycles. The van der Waals surface area contributed by atoms with Crippen molar-refractivity contribution in [3.8, 4) is 0 Å². The van der Waals surface area contributed by atoms with E-state index in [1.807, 2.05) is 6.07 Å². The molecule has 1 atom stereocenters. The zero-order valence-electron chi connectivity index (χ0n) is 10.7. The average Bonchev–Trinajstić information content (AvgIpc) is 2.73. The molecule has 1 unspecified atom stereocenters. The molecule has 98 valence electrons. The zero-order chi connectivity index (χ0) is 13.1. The lowest BCUT2D eigenvalue weighted by atomic mass is 10.1. The first-order chi connectivity index (χ1) is 8.71. The molecule has 0 N–H and O–H groups in total. The molecule has 0 aliphatic carbocycles. The first-order valence-electron chi connectivity index (χ1n) is 6.29. The van der Waals surface area contributed by atoms with Crippen LogP contribution in [-0.2, 0) is 5.88 Å². The van der Waals surface area contributed by atoms with Crippen LogP contribution in [0.4, 0.5) is 0 Å². The second-order valence-electron chi connectivity index (χ2n) is 4.38. The molecule has 0 saturated heterocycles. The van der Waals surface area contributed by atoms with E-state index in [4.69, 9.17) is 23.2 Å². The molecule has 3 nitrogen and oxygen atoms in total. The summed E-state index contributed by atoms with van der Waals surface area (Å²) in [5, 5.41) is 0.608. The maximum atomic E-state index is 6.00. The van der Waals surface area contributed by atoms with Crippen molar-refractivity contribution in [1.29, 1.82) is 0 Å². The summed E-state index contributed by atoms with van der Waals surface area (Å²) in [6, 6.07) is 2.25. The summed E-state index contributed by atoms with van der Waals surface area (Å²) in [6.07, 6.45) is 4.95. The van der Waals surface area contributed by atoms with Gasteiger partial charge >= 0.3 is 0 Å². The Morgan fingerprint density at radius 2 is 2.17 bits per heavy atom. The van der Waals surface area contributed by atoms with E-state index >= 15 is 0 Å². The van der Waals surface area contributed by atoms with E-state index < -0.39 is 0 Å². The molecule has 18 heavy (non-hydrogen) atoms. The highest BCUT2D eigenvalue weighted by Gasteiger charge is 2.17. The van der Waals surface area contributed by atoms with Gasteiger partial charge in [0.05, 0.1) is 10.9 Å². The van der Waals surface area contributed by atoms with E-state index in [9.17, 15) is 0 Å². The molecule has 0 aliphatic rings. The number of halogens is 2. The number of hydrogen-bond acceptors (Lipinski definition) is 2. The smallest absolute Gasteiger partial charge is 0.160 e. The summed E-state index contributed by atoms with van der Waals surface area (Å²) < 4.78 is 2.17. The second kappa shape index (κ2) is 5.89. The number of aromatic nitrogens is 3. The van der Waals surface area contributed by atoms with Crippen LogP contribution in [-0.4, -0.2) is 14.5 Å². The molecule has 0 amide bonds. The number of rotatable bonds is 5. The molecule has 0 spiro atoms. The number of hydrogen-bond donors (Lipinski definition) is 0. The first kappa shape index (κ1) is 13.6. The summed E-state index contributed by atoms with van der Waals surface area (Å²) in [5.41, 5.74) is 1.71. The normalized spacial score (nSPS) is 13.1. The third-order valence-electron chi connectivity index (χ3n) is 3.15. The summed E-state index contributed by atoms with van der Waals surface area (Å²) in [4.78, 5) is 8.94. The monoisotopic (exact) mass is 285 g/mol. The summed E-state index contributed by atoms with van der Waals surface area (Å²) in [6.45, 7) is 4.37. The van der Waals surface area contributed by atoms with Gasteiger partial charge in [-0.25, -0.2) is 9.97 Å². The van der Waals surface area contributed by atoms with Gasteiger partial charge in [-0.1, -0.05) is 31.9 Å². The van der Waals surface area contributed by atoms with Crippen LogP contribution in [0.2, 0.25) is 5.02 Å². The Hall–Kier alpha value is -0.800. The number of nitrogens with zero attached hydrogens (tertiary/aromatic N) is 3. The maximum absolute atomic E-state index is 6.00. The van der Waals surface area contributed by atoms with E-state index in [-0.39, 0.29) is 0 Å².